The summed E-state index contributed by atoms with van der Waals surface area (Å²) in [7, 11) is 0. The topological polar surface area (TPSA) is 87.4 Å². The minimum atomic E-state index is -0.467. The normalized spacial score (nSPS) is 14.2. The standard InChI is InChI=1S/C26H26N4O3/c1-18-7-8-23(19(2)13-18)28-26(32)20(15-27)14-21-16-30(24-6-4-3-5-22(21)24)17-25(31)29-9-11-33-12-10-29/h3-8,13-14,16H,9-12,17H2,1-2H3,(H,28,32). The Kier molecular flexibility index (Phi) is 6.57. The Morgan fingerprint density at radius 2 is 1.91 bits per heavy atom. The van der Waals surface area contributed by atoms with Crippen LogP contribution < -0.4 is 5.32 Å². The van der Waals surface area contributed by atoms with Gasteiger partial charge < -0.3 is 19.5 Å². The van der Waals surface area contributed by atoms with Gasteiger partial charge in [-0.15, -0.1) is 0 Å². The van der Waals surface area contributed by atoms with Gasteiger partial charge in [0.2, 0.25) is 5.91 Å². The van der Waals surface area contributed by atoms with E-state index in [0.29, 0.717) is 37.6 Å². The number of carbonyl (C=O) groups is 2. The molecule has 33 heavy (non-hydrogen) atoms. The van der Waals surface area contributed by atoms with Crippen molar-refractivity contribution in [3.63, 3.8) is 0 Å². The van der Waals surface area contributed by atoms with Crippen LogP contribution in [0.1, 0.15) is 16.7 Å². The van der Waals surface area contributed by atoms with Crippen molar-refractivity contribution in [2.24, 2.45) is 0 Å². The molecule has 2 heterocycles. The van der Waals surface area contributed by atoms with Crippen LogP contribution >= 0.6 is 0 Å². The Hall–Kier alpha value is -3.89. The number of amides is 2. The molecule has 1 N–H and O–H groups in total. The second kappa shape index (κ2) is 9.72. The fourth-order valence-corrected chi connectivity index (χ4v) is 4.03. The van der Waals surface area contributed by atoms with E-state index >= 15 is 0 Å². The second-order valence-electron chi connectivity index (χ2n) is 8.16. The highest BCUT2D eigenvalue weighted by Crippen LogP contribution is 2.25. The molecule has 7 nitrogen and oxygen atoms in total. The van der Waals surface area contributed by atoms with Gasteiger partial charge in [0, 0.05) is 41.4 Å². The fraction of sp³-hybridized carbons (Fsp3) is 0.269. The number of aryl methyl sites for hydroxylation is 2. The number of nitriles is 1. The minimum Gasteiger partial charge on any atom is -0.378 e. The molecule has 0 aliphatic carbocycles. The van der Waals surface area contributed by atoms with Gasteiger partial charge in [0.25, 0.3) is 5.91 Å². The molecular weight excluding hydrogens is 416 g/mol. The molecule has 2 amide bonds. The molecule has 0 spiro atoms. The highest BCUT2D eigenvalue weighted by Gasteiger charge is 2.19. The van der Waals surface area contributed by atoms with Crippen LogP contribution in [0.4, 0.5) is 5.69 Å². The van der Waals surface area contributed by atoms with Gasteiger partial charge in [-0.2, -0.15) is 5.26 Å². The van der Waals surface area contributed by atoms with E-state index in [4.69, 9.17) is 4.74 Å². The number of ether oxygens (including phenoxy) is 1. The van der Waals surface area contributed by atoms with E-state index in [9.17, 15) is 14.9 Å². The third-order valence-corrected chi connectivity index (χ3v) is 5.78. The van der Waals surface area contributed by atoms with E-state index in [2.05, 4.69) is 5.32 Å². The molecule has 0 saturated carbocycles. The first kappa shape index (κ1) is 22.3. The number of rotatable bonds is 5. The largest absolute Gasteiger partial charge is 0.378 e. The first-order valence-electron chi connectivity index (χ1n) is 10.9. The lowest BCUT2D eigenvalue weighted by Crippen LogP contribution is -2.42. The monoisotopic (exact) mass is 442 g/mol. The van der Waals surface area contributed by atoms with Crippen LogP contribution in [-0.2, 0) is 20.9 Å². The molecular formula is C26H26N4O3. The van der Waals surface area contributed by atoms with Gasteiger partial charge in [-0.05, 0) is 37.6 Å². The molecule has 1 saturated heterocycles. The molecule has 2 aromatic carbocycles. The van der Waals surface area contributed by atoms with Gasteiger partial charge >= 0.3 is 0 Å². The summed E-state index contributed by atoms with van der Waals surface area (Å²) < 4.78 is 7.20. The molecule has 0 unspecified atom stereocenters. The van der Waals surface area contributed by atoms with Gasteiger partial charge in [0.1, 0.15) is 18.2 Å². The summed E-state index contributed by atoms with van der Waals surface area (Å²) >= 11 is 0. The predicted molar refractivity (Wildman–Crippen MR) is 127 cm³/mol. The van der Waals surface area contributed by atoms with E-state index < -0.39 is 5.91 Å². The summed E-state index contributed by atoms with van der Waals surface area (Å²) in [4.78, 5) is 27.4. The Morgan fingerprint density at radius 1 is 1.15 bits per heavy atom. The van der Waals surface area contributed by atoms with Crippen molar-refractivity contribution in [2.75, 3.05) is 31.6 Å². The van der Waals surface area contributed by atoms with Crippen molar-refractivity contribution in [2.45, 2.75) is 20.4 Å². The molecule has 7 heteroatoms. The highest BCUT2D eigenvalue weighted by molar-refractivity contribution is 6.11. The average molecular weight is 443 g/mol. The average Bonchev–Trinajstić information content (AvgIpc) is 3.17. The number of hydrogen-bond acceptors (Lipinski definition) is 4. The van der Waals surface area contributed by atoms with E-state index in [-0.39, 0.29) is 18.0 Å². The van der Waals surface area contributed by atoms with Crippen LogP contribution in [0.5, 0.6) is 0 Å². The molecule has 1 aromatic heterocycles. The van der Waals surface area contributed by atoms with Gasteiger partial charge in [0.15, 0.2) is 0 Å². The molecule has 1 aliphatic heterocycles. The zero-order valence-corrected chi connectivity index (χ0v) is 18.8. The lowest BCUT2D eigenvalue weighted by molar-refractivity contribution is -0.135. The van der Waals surface area contributed by atoms with Crippen molar-refractivity contribution in [3.8, 4) is 6.07 Å². The van der Waals surface area contributed by atoms with Gasteiger partial charge in [0.05, 0.1) is 13.2 Å². The van der Waals surface area contributed by atoms with E-state index in [1.165, 1.54) is 0 Å². The molecule has 0 bridgehead atoms. The lowest BCUT2D eigenvalue weighted by atomic mass is 10.1. The summed E-state index contributed by atoms with van der Waals surface area (Å²) in [5, 5.41) is 13.4. The van der Waals surface area contributed by atoms with Gasteiger partial charge in [-0.3, -0.25) is 9.59 Å². The van der Waals surface area contributed by atoms with Crippen LogP contribution in [0.3, 0.4) is 0 Å². The van der Waals surface area contributed by atoms with E-state index in [1.54, 1.807) is 11.0 Å². The smallest absolute Gasteiger partial charge is 0.266 e. The fourth-order valence-electron chi connectivity index (χ4n) is 4.03. The quantitative estimate of drug-likeness (QED) is 0.483. The van der Waals surface area contributed by atoms with Crippen molar-refractivity contribution in [1.29, 1.82) is 5.26 Å². The zero-order valence-electron chi connectivity index (χ0n) is 18.8. The molecule has 4 rings (SSSR count). The number of aromatic nitrogens is 1. The van der Waals surface area contributed by atoms with Crippen LogP contribution in [0.2, 0.25) is 0 Å². The van der Waals surface area contributed by atoms with Gasteiger partial charge in [-0.25, -0.2) is 0 Å². The van der Waals surface area contributed by atoms with Crippen molar-refractivity contribution in [3.05, 3.63) is 70.9 Å². The highest BCUT2D eigenvalue weighted by atomic mass is 16.5. The molecule has 1 aliphatic rings. The maximum atomic E-state index is 12.8. The maximum Gasteiger partial charge on any atom is 0.266 e. The number of nitrogens with one attached hydrogen (secondary N) is 1. The summed E-state index contributed by atoms with van der Waals surface area (Å²) in [5.41, 5.74) is 4.28. The predicted octanol–water partition coefficient (Wildman–Crippen LogP) is 3.66. The summed E-state index contributed by atoms with van der Waals surface area (Å²) in [6, 6.07) is 15.4. The summed E-state index contributed by atoms with van der Waals surface area (Å²) in [5.74, 6) is -0.451. The Bertz CT molecular complexity index is 1280. The van der Waals surface area contributed by atoms with Crippen LogP contribution in [0, 0.1) is 25.2 Å². The summed E-state index contributed by atoms with van der Waals surface area (Å²) in [6.45, 7) is 6.35. The molecule has 3 aromatic rings. The van der Waals surface area contributed by atoms with Crippen LogP contribution in [0.25, 0.3) is 17.0 Å². The number of fused-ring (bicyclic) bond motifs is 1. The molecule has 1 fully saturated rings. The van der Waals surface area contributed by atoms with E-state index in [1.807, 2.05) is 73.1 Å². The number of benzene rings is 2. The Balaban J connectivity index is 1.62. The van der Waals surface area contributed by atoms with Crippen LogP contribution in [-0.4, -0.2) is 47.6 Å². The number of anilines is 1. The maximum absolute atomic E-state index is 12.8. The minimum absolute atomic E-state index is 0.00242. The number of para-hydroxylation sites is 1. The SMILES string of the molecule is Cc1ccc(NC(=O)C(C#N)=Cc2cn(CC(=O)N3CCOCC3)c3ccccc23)c(C)c1. The lowest BCUT2D eigenvalue weighted by Gasteiger charge is -2.27. The van der Waals surface area contributed by atoms with Crippen molar-refractivity contribution < 1.29 is 14.3 Å². The number of carbonyl (C=O) groups excluding carboxylic acids is 2. The van der Waals surface area contributed by atoms with Crippen molar-refractivity contribution >= 4 is 34.5 Å². The van der Waals surface area contributed by atoms with E-state index in [0.717, 1.165) is 22.0 Å². The summed E-state index contributed by atoms with van der Waals surface area (Å²) in [6.07, 6.45) is 3.40. The zero-order chi connectivity index (χ0) is 23.4. The third-order valence-electron chi connectivity index (χ3n) is 5.78. The number of morpholine rings is 1. The van der Waals surface area contributed by atoms with Crippen LogP contribution in [0.15, 0.2) is 54.2 Å². The molecule has 0 radical (unpaired) electrons. The third kappa shape index (κ3) is 4.97. The molecule has 0 atom stereocenters. The first-order valence-corrected chi connectivity index (χ1v) is 10.9. The first-order chi connectivity index (χ1) is 16.0. The number of hydrogen-bond donors (Lipinski definition) is 1. The number of nitrogens with zero attached hydrogens (tertiary/aromatic N) is 3. The van der Waals surface area contributed by atoms with Crippen molar-refractivity contribution in [1.82, 2.24) is 9.47 Å². The Morgan fingerprint density at radius 3 is 2.64 bits per heavy atom. The Labute approximate surface area is 192 Å². The molecule has 168 valence electrons. The van der Waals surface area contributed by atoms with Gasteiger partial charge in [-0.1, -0.05) is 35.9 Å². The second-order valence-corrected chi connectivity index (χ2v) is 8.16.